The maximum atomic E-state index is 13.1. The number of carbonyl (C=O) groups excluding carboxylic acids is 1. The molecular weight excluding hydrogens is 658 g/mol. The molecule has 6 nitrogen and oxygen atoms in total. The number of rotatable bonds is 10. The SMILES string of the molecule is CC(C)C1=C2[C@H]3CCC4[C@@]5(C)CC[C@H](OC(=O)CC(C)(C)C(=O)O)C(C)(C)[C@@H]5CC[C@@]4(C)[C@]3(C)CC[C@@]2([C@H](O)CNCc2ccc(Cl)cc2)CC1. The molecule has 3 N–H and O–H groups in total. The third kappa shape index (κ3) is 6.23. The summed E-state index contributed by atoms with van der Waals surface area (Å²) >= 11 is 6.12. The van der Waals surface area contributed by atoms with Gasteiger partial charge < -0.3 is 20.3 Å². The zero-order valence-electron chi connectivity index (χ0n) is 33.0. The van der Waals surface area contributed by atoms with Crippen molar-refractivity contribution in [1.29, 1.82) is 0 Å². The molecule has 0 radical (unpaired) electrons. The Morgan fingerprint density at radius 3 is 2.25 bits per heavy atom. The monoisotopic (exact) mass is 723 g/mol. The Kier molecular flexibility index (Phi) is 10.2. The van der Waals surface area contributed by atoms with E-state index >= 15 is 0 Å². The highest BCUT2D eigenvalue weighted by Crippen LogP contribution is 2.77. The predicted octanol–water partition coefficient (Wildman–Crippen LogP) is 10.0. The van der Waals surface area contributed by atoms with Crippen LogP contribution < -0.4 is 5.32 Å². The Morgan fingerprint density at radius 1 is 0.922 bits per heavy atom. The lowest BCUT2D eigenvalue weighted by molar-refractivity contribution is -0.235. The molecule has 0 saturated heterocycles. The molecule has 0 heterocycles. The van der Waals surface area contributed by atoms with Gasteiger partial charge in [-0.3, -0.25) is 9.59 Å². The van der Waals surface area contributed by atoms with Crippen LogP contribution in [0.3, 0.4) is 0 Å². The number of carboxylic acid groups (broad SMARTS) is 1. The molecule has 5 aliphatic rings. The van der Waals surface area contributed by atoms with Gasteiger partial charge in [0.05, 0.1) is 17.9 Å². The number of aliphatic hydroxyl groups excluding tert-OH is 1. The van der Waals surface area contributed by atoms with Crippen LogP contribution in [0.15, 0.2) is 35.4 Å². The van der Waals surface area contributed by atoms with E-state index in [0.717, 1.165) is 56.5 Å². The Hall–Kier alpha value is -1.89. The molecule has 0 bridgehead atoms. The van der Waals surface area contributed by atoms with Crippen LogP contribution in [0.5, 0.6) is 0 Å². The van der Waals surface area contributed by atoms with Gasteiger partial charge >= 0.3 is 11.9 Å². The summed E-state index contributed by atoms with van der Waals surface area (Å²) in [6.45, 7) is 21.7. The van der Waals surface area contributed by atoms with E-state index in [1.807, 2.05) is 12.1 Å². The van der Waals surface area contributed by atoms with Gasteiger partial charge in [0.25, 0.3) is 0 Å². The van der Waals surface area contributed by atoms with Gasteiger partial charge in [-0.15, -0.1) is 0 Å². The number of hydrogen-bond acceptors (Lipinski definition) is 5. The normalized spacial score (nSPS) is 38.0. The van der Waals surface area contributed by atoms with Gasteiger partial charge in [-0.2, -0.15) is 0 Å². The largest absolute Gasteiger partial charge is 0.481 e. The number of aliphatic hydroxyl groups is 1. The molecule has 0 amide bonds. The number of aliphatic carboxylic acids is 1. The average molecular weight is 724 g/mol. The van der Waals surface area contributed by atoms with Crippen LogP contribution >= 0.6 is 11.6 Å². The first-order valence-corrected chi connectivity index (χ1v) is 20.4. The zero-order chi connectivity index (χ0) is 37.4. The van der Waals surface area contributed by atoms with E-state index < -0.39 is 23.5 Å². The molecule has 0 spiro atoms. The van der Waals surface area contributed by atoms with Crippen molar-refractivity contribution >= 4 is 23.5 Å². The second-order valence-electron chi connectivity index (χ2n) is 19.8. The molecular formula is C44H66ClNO5. The van der Waals surface area contributed by atoms with Crippen LogP contribution in [-0.4, -0.2) is 40.9 Å². The van der Waals surface area contributed by atoms with E-state index in [2.05, 4.69) is 65.9 Å². The lowest BCUT2D eigenvalue weighted by atomic mass is 9.33. The summed E-state index contributed by atoms with van der Waals surface area (Å²) in [7, 11) is 0. The minimum atomic E-state index is -1.14. The van der Waals surface area contributed by atoms with E-state index in [-0.39, 0.29) is 39.6 Å². The highest BCUT2D eigenvalue weighted by Gasteiger charge is 2.70. The van der Waals surface area contributed by atoms with E-state index in [4.69, 9.17) is 16.3 Å². The summed E-state index contributed by atoms with van der Waals surface area (Å²) in [5.41, 5.74) is 3.42. The number of carbonyl (C=O) groups is 2. The van der Waals surface area contributed by atoms with Crippen molar-refractivity contribution in [3.05, 3.63) is 46.0 Å². The van der Waals surface area contributed by atoms with Crippen LogP contribution in [0, 0.1) is 56.2 Å². The highest BCUT2D eigenvalue weighted by atomic mass is 35.5. The van der Waals surface area contributed by atoms with Crippen molar-refractivity contribution in [3.63, 3.8) is 0 Å². The van der Waals surface area contributed by atoms with Crippen LogP contribution in [0.2, 0.25) is 5.02 Å². The van der Waals surface area contributed by atoms with Crippen molar-refractivity contribution in [2.75, 3.05) is 6.54 Å². The number of esters is 1. The van der Waals surface area contributed by atoms with Gasteiger partial charge in [-0.1, -0.05) is 83.3 Å². The summed E-state index contributed by atoms with van der Waals surface area (Å²) < 4.78 is 6.18. The molecule has 4 saturated carbocycles. The van der Waals surface area contributed by atoms with Crippen molar-refractivity contribution in [2.45, 2.75) is 152 Å². The molecule has 6 rings (SSSR count). The van der Waals surface area contributed by atoms with Crippen molar-refractivity contribution in [2.24, 2.45) is 56.2 Å². The third-order valence-electron chi connectivity index (χ3n) is 16.3. The molecule has 1 unspecified atom stereocenters. The fourth-order valence-electron chi connectivity index (χ4n) is 13.2. The molecule has 284 valence electrons. The van der Waals surface area contributed by atoms with Gasteiger partial charge in [0.1, 0.15) is 6.10 Å². The third-order valence-corrected chi connectivity index (χ3v) is 16.6. The summed E-state index contributed by atoms with van der Waals surface area (Å²) in [4.78, 5) is 24.8. The molecule has 1 aromatic carbocycles. The lowest BCUT2D eigenvalue weighted by Gasteiger charge is -2.72. The topological polar surface area (TPSA) is 95.9 Å². The van der Waals surface area contributed by atoms with Gasteiger partial charge in [-0.05, 0) is 136 Å². The second kappa shape index (κ2) is 13.4. The number of nitrogens with one attached hydrogen (secondary N) is 1. The smallest absolute Gasteiger partial charge is 0.309 e. The summed E-state index contributed by atoms with van der Waals surface area (Å²) in [5, 5.41) is 26.1. The molecule has 7 heteroatoms. The number of carboxylic acids is 1. The maximum Gasteiger partial charge on any atom is 0.309 e. The van der Waals surface area contributed by atoms with Crippen LogP contribution in [0.4, 0.5) is 0 Å². The predicted molar refractivity (Wildman–Crippen MR) is 204 cm³/mol. The zero-order valence-corrected chi connectivity index (χ0v) is 33.7. The first-order valence-electron chi connectivity index (χ1n) is 20.0. The van der Waals surface area contributed by atoms with Gasteiger partial charge in [0.2, 0.25) is 0 Å². The van der Waals surface area contributed by atoms with E-state index in [0.29, 0.717) is 30.2 Å². The van der Waals surface area contributed by atoms with Crippen molar-refractivity contribution in [3.8, 4) is 0 Å². The standard InChI is InChI=1S/C44H66ClNO5/c1-27(2)30-16-21-44(34(47)26-46-25-28-10-12-29(45)13-11-28)23-22-42(8)31(37(30)44)14-15-33-41(7)19-18-35(51-36(48)24-39(3,4)38(49)50)40(5,6)32(41)17-20-43(33,42)9/h10-13,27,31-35,46-47H,14-26H2,1-9H3,(H,49,50)/t31-,32+,33?,34-,35+,41+,42-,43-,44-/m1/s1. The summed E-state index contributed by atoms with van der Waals surface area (Å²) in [5.74, 6) is 0.611. The van der Waals surface area contributed by atoms with Crippen molar-refractivity contribution in [1.82, 2.24) is 5.32 Å². The molecule has 0 aromatic heterocycles. The number of allylic oxidation sites excluding steroid dienone is 1. The molecule has 4 fully saturated rings. The number of ether oxygens (including phenoxy) is 1. The highest BCUT2D eigenvalue weighted by molar-refractivity contribution is 6.30. The fraction of sp³-hybridized carbons (Fsp3) is 0.773. The van der Waals surface area contributed by atoms with Crippen molar-refractivity contribution < 1.29 is 24.5 Å². The average Bonchev–Trinajstić information content (AvgIpc) is 3.45. The van der Waals surface area contributed by atoms with E-state index in [9.17, 15) is 19.8 Å². The first-order chi connectivity index (χ1) is 23.7. The number of benzene rings is 1. The maximum absolute atomic E-state index is 13.1. The molecule has 5 aliphatic carbocycles. The van der Waals surface area contributed by atoms with Crippen LogP contribution in [0.25, 0.3) is 0 Å². The Labute approximate surface area is 312 Å². The summed E-state index contributed by atoms with van der Waals surface area (Å²) in [6.07, 6.45) is 10.2. The molecule has 9 atom stereocenters. The number of fused-ring (bicyclic) bond motifs is 7. The first kappa shape index (κ1) is 38.8. The minimum Gasteiger partial charge on any atom is -0.481 e. The lowest BCUT2D eigenvalue weighted by Crippen LogP contribution is -2.66. The Bertz CT molecular complexity index is 1530. The quantitative estimate of drug-likeness (QED) is 0.164. The molecule has 0 aliphatic heterocycles. The van der Waals surface area contributed by atoms with Gasteiger partial charge in [0.15, 0.2) is 0 Å². The number of halogens is 1. The second-order valence-corrected chi connectivity index (χ2v) is 20.3. The number of hydrogen-bond donors (Lipinski definition) is 3. The van der Waals surface area contributed by atoms with E-state index in [1.54, 1.807) is 25.0 Å². The summed E-state index contributed by atoms with van der Waals surface area (Å²) in [6, 6.07) is 7.98. The van der Waals surface area contributed by atoms with Crippen LogP contribution in [-0.2, 0) is 20.9 Å². The van der Waals surface area contributed by atoms with Gasteiger partial charge in [0, 0.05) is 28.9 Å². The molecule has 1 aromatic rings. The van der Waals surface area contributed by atoms with Crippen LogP contribution in [0.1, 0.15) is 139 Å². The Balaban J connectivity index is 1.23. The Morgan fingerprint density at radius 2 is 1.61 bits per heavy atom. The fourth-order valence-corrected chi connectivity index (χ4v) is 13.3. The van der Waals surface area contributed by atoms with E-state index in [1.165, 1.54) is 24.8 Å². The van der Waals surface area contributed by atoms with Gasteiger partial charge in [-0.25, -0.2) is 0 Å². The molecule has 51 heavy (non-hydrogen) atoms. The minimum absolute atomic E-state index is 0.111.